The van der Waals surface area contributed by atoms with Crippen molar-refractivity contribution in [1.82, 2.24) is 9.80 Å². The number of nitrogens with two attached hydrogens (primary N) is 1. The number of likely N-dealkylation sites (N-methyl/N-ethyl adjacent to an activating group) is 1. The highest BCUT2D eigenvalue weighted by molar-refractivity contribution is 5.77. The minimum absolute atomic E-state index is 0.0152. The SMILES string of the molecule is CCCC(N)CC(=O)N1CCN(C)CC1c1ccccc1. The van der Waals surface area contributed by atoms with Crippen LogP contribution in [0, 0.1) is 0 Å². The number of hydrogen-bond acceptors (Lipinski definition) is 3. The van der Waals surface area contributed by atoms with Gasteiger partial charge in [0.1, 0.15) is 0 Å². The maximum atomic E-state index is 12.6. The summed E-state index contributed by atoms with van der Waals surface area (Å²) in [6.45, 7) is 4.71. The molecule has 0 spiro atoms. The van der Waals surface area contributed by atoms with Gasteiger partial charge in [0.2, 0.25) is 5.91 Å². The number of nitrogens with zero attached hydrogens (tertiary/aromatic N) is 2. The van der Waals surface area contributed by atoms with Crippen LogP contribution in [0.4, 0.5) is 0 Å². The molecule has 21 heavy (non-hydrogen) atoms. The lowest BCUT2D eigenvalue weighted by Gasteiger charge is -2.40. The van der Waals surface area contributed by atoms with E-state index in [0.29, 0.717) is 6.42 Å². The van der Waals surface area contributed by atoms with Crippen LogP contribution in [0.3, 0.4) is 0 Å². The molecule has 1 saturated heterocycles. The zero-order chi connectivity index (χ0) is 15.2. The Bertz CT molecular complexity index is 449. The van der Waals surface area contributed by atoms with Crippen molar-refractivity contribution in [2.75, 3.05) is 26.7 Å². The molecule has 4 heteroatoms. The lowest BCUT2D eigenvalue weighted by Crippen LogP contribution is -2.50. The number of piperazine rings is 1. The van der Waals surface area contributed by atoms with Crippen molar-refractivity contribution in [3.63, 3.8) is 0 Å². The maximum Gasteiger partial charge on any atom is 0.224 e. The maximum absolute atomic E-state index is 12.6. The highest BCUT2D eigenvalue weighted by atomic mass is 16.2. The molecule has 1 aliphatic rings. The Kier molecular flexibility index (Phi) is 5.76. The van der Waals surface area contributed by atoms with E-state index in [2.05, 4.69) is 31.0 Å². The molecule has 0 bridgehead atoms. The van der Waals surface area contributed by atoms with Crippen molar-refractivity contribution < 1.29 is 4.79 Å². The van der Waals surface area contributed by atoms with E-state index in [4.69, 9.17) is 5.73 Å². The Morgan fingerprint density at radius 3 is 2.71 bits per heavy atom. The first-order chi connectivity index (χ1) is 10.1. The highest BCUT2D eigenvalue weighted by Gasteiger charge is 2.30. The summed E-state index contributed by atoms with van der Waals surface area (Å²) in [6, 6.07) is 10.4. The van der Waals surface area contributed by atoms with Gasteiger partial charge in [-0.15, -0.1) is 0 Å². The number of carbonyl (C=O) groups is 1. The fourth-order valence-corrected chi connectivity index (χ4v) is 2.99. The van der Waals surface area contributed by atoms with Crippen molar-refractivity contribution in [2.45, 2.75) is 38.3 Å². The molecule has 0 aromatic heterocycles. The molecule has 2 rings (SSSR count). The number of rotatable bonds is 5. The number of carbonyl (C=O) groups excluding carboxylic acids is 1. The van der Waals surface area contributed by atoms with Crippen LogP contribution < -0.4 is 5.73 Å². The van der Waals surface area contributed by atoms with Crippen molar-refractivity contribution in [3.8, 4) is 0 Å². The monoisotopic (exact) mass is 289 g/mol. The summed E-state index contributed by atoms with van der Waals surface area (Å²) in [4.78, 5) is 16.9. The fraction of sp³-hybridized carbons (Fsp3) is 0.588. The molecule has 0 aliphatic carbocycles. The third kappa shape index (κ3) is 4.29. The molecule has 0 radical (unpaired) electrons. The molecule has 1 aliphatic heterocycles. The Morgan fingerprint density at radius 1 is 1.33 bits per heavy atom. The van der Waals surface area contributed by atoms with Crippen molar-refractivity contribution in [3.05, 3.63) is 35.9 Å². The van der Waals surface area contributed by atoms with Crippen LogP contribution in [0.25, 0.3) is 0 Å². The summed E-state index contributed by atoms with van der Waals surface area (Å²) in [5.74, 6) is 0.193. The van der Waals surface area contributed by atoms with Crippen LogP contribution in [0.15, 0.2) is 30.3 Å². The summed E-state index contributed by atoms with van der Waals surface area (Å²) in [5.41, 5.74) is 7.25. The van der Waals surface area contributed by atoms with Gasteiger partial charge in [-0.2, -0.15) is 0 Å². The van der Waals surface area contributed by atoms with E-state index in [0.717, 1.165) is 32.5 Å². The van der Waals surface area contributed by atoms with E-state index in [9.17, 15) is 4.79 Å². The molecule has 1 fully saturated rings. The Balaban J connectivity index is 2.09. The van der Waals surface area contributed by atoms with Gasteiger partial charge in [-0.25, -0.2) is 0 Å². The third-order valence-corrected chi connectivity index (χ3v) is 4.18. The largest absolute Gasteiger partial charge is 0.333 e. The third-order valence-electron chi connectivity index (χ3n) is 4.18. The van der Waals surface area contributed by atoms with Gasteiger partial charge in [0.25, 0.3) is 0 Å². The number of amides is 1. The van der Waals surface area contributed by atoms with Crippen LogP contribution in [0.1, 0.15) is 37.8 Å². The van der Waals surface area contributed by atoms with E-state index >= 15 is 0 Å². The predicted molar refractivity (Wildman–Crippen MR) is 85.9 cm³/mol. The van der Waals surface area contributed by atoms with Gasteiger partial charge in [0.15, 0.2) is 0 Å². The number of hydrogen-bond donors (Lipinski definition) is 1. The van der Waals surface area contributed by atoms with Crippen LogP contribution >= 0.6 is 0 Å². The molecule has 1 aromatic carbocycles. The normalized spacial score (nSPS) is 21.3. The van der Waals surface area contributed by atoms with Gasteiger partial charge >= 0.3 is 0 Å². The van der Waals surface area contributed by atoms with Crippen LogP contribution in [0.5, 0.6) is 0 Å². The summed E-state index contributed by atoms with van der Waals surface area (Å²) in [7, 11) is 2.11. The van der Waals surface area contributed by atoms with Gasteiger partial charge < -0.3 is 15.5 Å². The molecule has 2 unspecified atom stereocenters. The Labute approximate surface area is 127 Å². The topological polar surface area (TPSA) is 49.6 Å². The minimum Gasteiger partial charge on any atom is -0.333 e. The second-order valence-corrected chi connectivity index (χ2v) is 6.03. The fourth-order valence-electron chi connectivity index (χ4n) is 2.99. The molecule has 0 saturated carbocycles. The van der Waals surface area contributed by atoms with E-state index in [-0.39, 0.29) is 18.0 Å². The van der Waals surface area contributed by atoms with Gasteiger partial charge in [0.05, 0.1) is 6.04 Å². The second kappa shape index (κ2) is 7.57. The van der Waals surface area contributed by atoms with Crippen molar-refractivity contribution >= 4 is 5.91 Å². The Morgan fingerprint density at radius 2 is 2.05 bits per heavy atom. The molecule has 2 N–H and O–H groups in total. The van der Waals surface area contributed by atoms with Crippen LogP contribution in [0.2, 0.25) is 0 Å². The van der Waals surface area contributed by atoms with Crippen LogP contribution in [-0.2, 0) is 4.79 Å². The van der Waals surface area contributed by atoms with Crippen molar-refractivity contribution in [2.24, 2.45) is 5.73 Å². The molecule has 1 heterocycles. The van der Waals surface area contributed by atoms with Crippen LogP contribution in [-0.4, -0.2) is 48.4 Å². The van der Waals surface area contributed by atoms with E-state index in [1.807, 2.05) is 23.1 Å². The van der Waals surface area contributed by atoms with Gasteiger partial charge in [0, 0.05) is 32.1 Å². The molecule has 1 amide bonds. The molecule has 116 valence electrons. The standard InChI is InChI=1S/C17H27N3O/c1-3-7-15(18)12-17(21)20-11-10-19(2)13-16(20)14-8-5-4-6-9-14/h4-6,8-9,15-16H,3,7,10-13,18H2,1-2H3. The summed E-state index contributed by atoms with van der Waals surface area (Å²) in [5, 5.41) is 0. The lowest BCUT2D eigenvalue weighted by molar-refractivity contribution is -0.136. The smallest absolute Gasteiger partial charge is 0.224 e. The molecule has 2 atom stereocenters. The quantitative estimate of drug-likeness (QED) is 0.902. The van der Waals surface area contributed by atoms with E-state index in [1.54, 1.807) is 0 Å². The van der Waals surface area contributed by atoms with Gasteiger partial charge in [-0.3, -0.25) is 4.79 Å². The van der Waals surface area contributed by atoms with Gasteiger partial charge in [-0.1, -0.05) is 43.7 Å². The first-order valence-electron chi connectivity index (χ1n) is 7.90. The van der Waals surface area contributed by atoms with Crippen molar-refractivity contribution in [1.29, 1.82) is 0 Å². The summed E-state index contributed by atoms with van der Waals surface area (Å²) in [6.07, 6.45) is 2.40. The summed E-state index contributed by atoms with van der Waals surface area (Å²) >= 11 is 0. The molecule has 1 aromatic rings. The lowest BCUT2D eigenvalue weighted by atomic mass is 10.0. The zero-order valence-corrected chi connectivity index (χ0v) is 13.2. The zero-order valence-electron chi connectivity index (χ0n) is 13.2. The predicted octanol–water partition coefficient (Wildman–Crippen LogP) is 2.02. The van der Waals surface area contributed by atoms with E-state index < -0.39 is 0 Å². The second-order valence-electron chi connectivity index (χ2n) is 6.03. The molecular formula is C17H27N3O. The highest BCUT2D eigenvalue weighted by Crippen LogP contribution is 2.25. The molecular weight excluding hydrogens is 262 g/mol. The minimum atomic E-state index is -0.0152. The first kappa shape index (κ1) is 16.0. The number of benzene rings is 1. The average molecular weight is 289 g/mol. The molecule has 4 nitrogen and oxygen atoms in total. The Hall–Kier alpha value is -1.39. The summed E-state index contributed by atoms with van der Waals surface area (Å²) < 4.78 is 0. The van der Waals surface area contributed by atoms with E-state index in [1.165, 1.54) is 5.56 Å². The average Bonchev–Trinajstić information content (AvgIpc) is 2.48. The first-order valence-corrected chi connectivity index (χ1v) is 7.90. The van der Waals surface area contributed by atoms with Gasteiger partial charge in [-0.05, 0) is 19.0 Å².